The lowest BCUT2D eigenvalue weighted by molar-refractivity contribution is 0.166. The highest BCUT2D eigenvalue weighted by molar-refractivity contribution is 5.90. The van der Waals surface area contributed by atoms with Crippen LogP contribution in [0.5, 0.6) is 0 Å². The van der Waals surface area contributed by atoms with Crippen molar-refractivity contribution in [2.24, 2.45) is 0 Å². The van der Waals surface area contributed by atoms with Crippen LogP contribution < -0.4 is 5.32 Å². The van der Waals surface area contributed by atoms with E-state index in [1.807, 2.05) is 6.92 Å². The predicted octanol–water partition coefficient (Wildman–Crippen LogP) is 2.12. The molecule has 0 bridgehead atoms. The maximum absolute atomic E-state index is 13.5. The van der Waals surface area contributed by atoms with Gasteiger partial charge in [0, 0.05) is 6.54 Å². The molecule has 18 heavy (non-hydrogen) atoms. The summed E-state index contributed by atoms with van der Waals surface area (Å²) < 4.78 is 13.5. The Kier molecular flexibility index (Phi) is 3.81. The van der Waals surface area contributed by atoms with E-state index in [1.54, 1.807) is 17.0 Å². The number of carbonyl (C=O) groups excluding carboxylic acids is 1. The number of hydrogen-bond acceptors (Lipinski definition) is 2. The van der Waals surface area contributed by atoms with Crippen molar-refractivity contribution in [3.8, 4) is 0 Å². The Bertz CT molecular complexity index is 451. The molecule has 1 aromatic carbocycles. The van der Waals surface area contributed by atoms with E-state index in [2.05, 4.69) is 5.32 Å². The molecule has 1 aliphatic rings. The Hall–Kier alpha value is -1.62. The van der Waals surface area contributed by atoms with Gasteiger partial charge in [-0.2, -0.15) is 0 Å². The third-order valence-electron chi connectivity index (χ3n) is 3.21. The van der Waals surface area contributed by atoms with E-state index in [-0.39, 0.29) is 24.4 Å². The first-order chi connectivity index (χ1) is 8.61. The van der Waals surface area contributed by atoms with Crippen LogP contribution in [0.1, 0.15) is 18.4 Å². The molecule has 0 radical (unpaired) electrons. The quantitative estimate of drug-likeness (QED) is 0.847. The Morgan fingerprint density at radius 3 is 3.11 bits per heavy atom. The largest absolute Gasteiger partial charge is 0.394 e. The predicted molar refractivity (Wildman–Crippen MR) is 67.0 cm³/mol. The molecule has 1 heterocycles. The Balaban J connectivity index is 2.09. The van der Waals surface area contributed by atoms with Crippen molar-refractivity contribution in [1.29, 1.82) is 0 Å². The summed E-state index contributed by atoms with van der Waals surface area (Å²) in [6, 6.07) is 4.07. The molecule has 98 valence electrons. The van der Waals surface area contributed by atoms with Crippen LogP contribution in [0.25, 0.3) is 0 Å². The Morgan fingerprint density at radius 1 is 1.61 bits per heavy atom. The number of amides is 2. The van der Waals surface area contributed by atoms with E-state index in [0.717, 1.165) is 18.4 Å². The molecule has 1 fully saturated rings. The molecule has 1 atom stereocenters. The zero-order chi connectivity index (χ0) is 13.1. The molecule has 2 rings (SSSR count). The third-order valence-corrected chi connectivity index (χ3v) is 3.21. The molecule has 1 aromatic rings. The summed E-state index contributed by atoms with van der Waals surface area (Å²) in [7, 11) is 0. The number of benzene rings is 1. The van der Waals surface area contributed by atoms with Gasteiger partial charge in [-0.05, 0) is 37.5 Å². The fraction of sp³-hybridized carbons (Fsp3) is 0.462. The molecule has 5 heteroatoms. The standard InChI is InChI=1S/C13H17FN2O2/c1-9-4-5-11(14)12(7-9)15-13(18)16-6-2-3-10(16)8-17/h4-5,7,10,17H,2-3,6,8H2,1H3,(H,15,18)/t10-/m0/s1. The highest BCUT2D eigenvalue weighted by Crippen LogP contribution is 2.20. The van der Waals surface area contributed by atoms with Crippen LogP contribution in [-0.4, -0.2) is 35.2 Å². The summed E-state index contributed by atoms with van der Waals surface area (Å²) in [5.41, 5.74) is 1.07. The van der Waals surface area contributed by atoms with Gasteiger partial charge >= 0.3 is 6.03 Å². The fourth-order valence-corrected chi connectivity index (χ4v) is 2.21. The van der Waals surface area contributed by atoms with E-state index in [0.29, 0.717) is 6.54 Å². The average Bonchev–Trinajstić information content (AvgIpc) is 2.82. The zero-order valence-corrected chi connectivity index (χ0v) is 10.3. The SMILES string of the molecule is Cc1ccc(F)c(NC(=O)N2CCC[C@H]2CO)c1. The molecular weight excluding hydrogens is 235 g/mol. The number of hydrogen-bond donors (Lipinski definition) is 2. The van der Waals surface area contributed by atoms with Crippen molar-refractivity contribution in [3.05, 3.63) is 29.6 Å². The number of aliphatic hydroxyl groups is 1. The highest BCUT2D eigenvalue weighted by Gasteiger charge is 2.28. The van der Waals surface area contributed by atoms with Crippen molar-refractivity contribution in [3.63, 3.8) is 0 Å². The fourth-order valence-electron chi connectivity index (χ4n) is 2.21. The molecular formula is C13H17FN2O2. The maximum atomic E-state index is 13.5. The lowest BCUT2D eigenvalue weighted by atomic mass is 10.2. The average molecular weight is 252 g/mol. The summed E-state index contributed by atoms with van der Waals surface area (Å²) in [6.07, 6.45) is 1.66. The second-order valence-corrected chi connectivity index (χ2v) is 4.59. The summed E-state index contributed by atoms with van der Waals surface area (Å²) >= 11 is 0. The first-order valence-electron chi connectivity index (χ1n) is 6.06. The van der Waals surface area contributed by atoms with Gasteiger partial charge in [-0.25, -0.2) is 9.18 Å². The normalized spacial score (nSPS) is 19.1. The van der Waals surface area contributed by atoms with Crippen LogP contribution >= 0.6 is 0 Å². The van der Waals surface area contributed by atoms with Crippen LogP contribution in [0.2, 0.25) is 0 Å². The van der Waals surface area contributed by atoms with Crippen LogP contribution in [0.15, 0.2) is 18.2 Å². The van der Waals surface area contributed by atoms with Crippen LogP contribution in [0, 0.1) is 12.7 Å². The number of rotatable bonds is 2. The summed E-state index contributed by atoms with van der Waals surface area (Å²) in [4.78, 5) is 13.5. The first kappa shape index (κ1) is 12.8. The number of nitrogens with zero attached hydrogens (tertiary/aromatic N) is 1. The first-order valence-corrected chi connectivity index (χ1v) is 6.06. The van der Waals surface area contributed by atoms with E-state index < -0.39 is 5.82 Å². The molecule has 2 amide bonds. The Labute approximate surface area is 105 Å². The van der Waals surface area contributed by atoms with Crippen LogP contribution in [0.3, 0.4) is 0 Å². The maximum Gasteiger partial charge on any atom is 0.322 e. The molecule has 1 aliphatic heterocycles. The lowest BCUT2D eigenvalue weighted by Gasteiger charge is -2.23. The molecule has 0 aromatic heterocycles. The van der Waals surface area contributed by atoms with Gasteiger partial charge < -0.3 is 15.3 Å². The van der Waals surface area contributed by atoms with Gasteiger partial charge in [-0.3, -0.25) is 0 Å². The van der Waals surface area contributed by atoms with Crippen LogP contribution in [0.4, 0.5) is 14.9 Å². The molecule has 1 saturated heterocycles. The van der Waals surface area contributed by atoms with Crippen molar-refractivity contribution in [1.82, 2.24) is 4.90 Å². The number of nitrogens with one attached hydrogen (secondary N) is 1. The molecule has 0 aliphatic carbocycles. The van der Waals surface area contributed by atoms with Crippen molar-refractivity contribution >= 4 is 11.7 Å². The topological polar surface area (TPSA) is 52.6 Å². The Morgan fingerprint density at radius 2 is 2.39 bits per heavy atom. The number of aliphatic hydroxyl groups excluding tert-OH is 1. The zero-order valence-electron chi connectivity index (χ0n) is 10.3. The minimum atomic E-state index is -0.450. The lowest BCUT2D eigenvalue weighted by Crippen LogP contribution is -2.40. The van der Waals surface area contributed by atoms with Gasteiger partial charge in [0.05, 0.1) is 18.3 Å². The number of aryl methyl sites for hydroxylation is 1. The van der Waals surface area contributed by atoms with Gasteiger partial charge in [0.15, 0.2) is 0 Å². The van der Waals surface area contributed by atoms with E-state index >= 15 is 0 Å². The van der Waals surface area contributed by atoms with Crippen molar-refractivity contribution < 1.29 is 14.3 Å². The number of carbonyl (C=O) groups is 1. The van der Waals surface area contributed by atoms with Crippen LogP contribution in [-0.2, 0) is 0 Å². The molecule has 0 spiro atoms. The number of halogens is 1. The summed E-state index contributed by atoms with van der Waals surface area (Å²) in [6.45, 7) is 2.38. The van der Waals surface area contributed by atoms with E-state index in [9.17, 15) is 9.18 Å². The van der Waals surface area contributed by atoms with Gasteiger partial charge in [0.25, 0.3) is 0 Å². The second-order valence-electron chi connectivity index (χ2n) is 4.59. The van der Waals surface area contributed by atoms with Crippen molar-refractivity contribution in [2.45, 2.75) is 25.8 Å². The number of urea groups is 1. The van der Waals surface area contributed by atoms with Gasteiger partial charge in [0.1, 0.15) is 5.82 Å². The van der Waals surface area contributed by atoms with E-state index in [1.165, 1.54) is 6.07 Å². The van der Waals surface area contributed by atoms with Gasteiger partial charge in [-0.1, -0.05) is 6.07 Å². The summed E-state index contributed by atoms with van der Waals surface area (Å²) in [5.74, 6) is -0.450. The minimum Gasteiger partial charge on any atom is -0.394 e. The van der Waals surface area contributed by atoms with Gasteiger partial charge in [0.2, 0.25) is 0 Å². The molecule has 0 saturated carbocycles. The molecule has 0 unspecified atom stereocenters. The third kappa shape index (κ3) is 2.61. The van der Waals surface area contributed by atoms with E-state index in [4.69, 9.17) is 5.11 Å². The smallest absolute Gasteiger partial charge is 0.322 e. The summed E-state index contributed by atoms with van der Waals surface area (Å²) in [5, 5.41) is 11.7. The molecule has 2 N–H and O–H groups in total. The number of anilines is 1. The minimum absolute atomic E-state index is 0.0519. The van der Waals surface area contributed by atoms with Gasteiger partial charge in [-0.15, -0.1) is 0 Å². The highest BCUT2D eigenvalue weighted by atomic mass is 19.1. The van der Waals surface area contributed by atoms with Crippen molar-refractivity contribution in [2.75, 3.05) is 18.5 Å². The second kappa shape index (κ2) is 5.35. The monoisotopic (exact) mass is 252 g/mol. The molecule has 4 nitrogen and oxygen atoms in total. The number of likely N-dealkylation sites (tertiary alicyclic amines) is 1.